The second-order valence-electron chi connectivity index (χ2n) is 14.1. The largest absolute Gasteiger partial charge is 0.497 e. The highest BCUT2D eigenvalue weighted by Crippen LogP contribution is 2.40. The summed E-state index contributed by atoms with van der Waals surface area (Å²) in [5.74, 6) is 0.404. The van der Waals surface area contributed by atoms with E-state index in [2.05, 4.69) is 14.0 Å². The number of carbonyl (C=O) groups excluding carboxylic acids is 4. The SMILES string of the molecule is COc1ccc2c(c1)c1cc3c(c(C)c1n2C)C(=O)N(CCCN(C)CCCN1C(=O)c2cc4c5cc(OC)ccc5n(C)c4c(C)c2C1=O)C3=O. The number of benzene rings is 4. The van der Waals surface area contributed by atoms with Crippen molar-refractivity contribution in [1.29, 1.82) is 0 Å². The van der Waals surface area contributed by atoms with E-state index < -0.39 is 0 Å². The molecule has 0 unspecified atom stereocenters. The molecule has 8 rings (SSSR count). The van der Waals surface area contributed by atoms with Crippen LogP contribution in [0, 0.1) is 13.8 Å². The van der Waals surface area contributed by atoms with E-state index in [-0.39, 0.29) is 23.6 Å². The number of nitrogens with zero attached hydrogens (tertiary/aromatic N) is 5. The summed E-state index contributed by atoms with van der Waals surface area (Å²) in [5.41, 5.74) is 7.29. The minimum Gasteiger partial charge on any atom is -0.497 e. The van der Waals surface area contributed by atoms with Gasteiger partial charge >= 0.3 is 0 Å². The number of aryl methyl sites for hydroxylation is 4. The van der Waals surface area contributed by atoms with Gasteiger partial charge in [0.2, 0.25) is 0 Å². The van der Waals surface area contributed by atoms with Gasteiger partial charge in [0.25, 0.3) is 23.6 Å². The van der Waals surface area contributed by atoms with Crippen molar-refractivity contribution in [2.45, 2.75) is 26.7 Å². The summed E-state index contributed by atoms with van der Waals surface area (Å²) in [6.07, 6.45) is 1.19. The molecule has 0 spiro atoms. The first-order valence-electron chi connectivity index (χ1n) is 17.6. The van der Waals surface area contributed by atoms with Crippen molar-refractivity contribution < 1.29 is 28.7 Å². The summed E-state index contributed by atoms with van der Waals surface area (Å²) in [6, 6.07) is 15.4. The Morgan fingerprint density at radius 2 is 0.981 bits per heavy atom. The molecule has 11 heteroatoms. The third-order valence-electron chi connectivity index (χ3n) is 11.2. The zero-order valence-electron chi connectivity index (χ0n) is 30.5. The van der Waals surface area contributed by atoms with E-state index in [1.165, 1.54) is 9.80 Å². The Hall–Kier alpha value is -5.68. The second kappa shape index (κ2) is 12.2. The number of aromatic nitrogens is 2. The van der Waals surface area contributed by atoms with Crippen molar-refractivity contribution in [3.63, 3.8) is 0 Å². The van der Waals surface area contributed by atoms with Crippen LogP contribution in [0.15, 0.2) is 48.5 Å². The highest BCUT2D eigenvalue weighted by atomic mass is 16.5. The van der Waals surface area contributed by atoms with Crippen molar-refractivity contribution >= 4 is 67.2 Å². The molecule has 4 aromatic carbocycles. The van der Waals surface area contributed by atoms with Crippen LogP contribution in [0.2, 0.25) is 0 Å². The van der Waals surface area contributed by atoms with Crippen molar-refractivity contribution in [3.05, 3.63) is 81.9 Å². The molecule has 0 fully saturated rings. The van der Waals surface area contributed by atoms with Crippen molar-refractivity contribution in [2.75, 3.05) is 47.4 Å². The number of hydrogen-bond acceptors (Lipinski definition) is 7. The first-order chi connectivity index (χ1) is 25.0. The van der Waals surface area contributed by atoms with Gasteiger partial charge in [0, 0.05) is 59.8 Å². The monoisotopic (exact) mass is 699 g/mol. The van der Waals surface area contributed by atoms with Crippen LogP contribution in [0.1, 0.15) is 65.4 Å². The highest BCUT2D eigenvalue weighted by Gasteiger charge is 2.39. The standard InChI is InChI=1S/C41H41N5O6/c1-22-34-30(20-28-26-18-24(51-6)10-12-32(26)43(4)36(22)28)38(47)45(40(34)49)16-8-14-42(3)15-9-17-46-39(48)31-21-29-27-19-25(52-7)11-13-33(27)44(5)37(29)23(2)35(31)41(46)50/h10-13,18-21H,8-9,14-17H2,1-7H3. The maximum absolute atomic E-state index is 13.6. The van der Waals surface area contributed by atoms with Crippen LogP contribution in [0.25, 0.3) is 43.6 Å². The highest BCUT2D eigenvalue weighted by molar-refractivity contribution is 6.27. The number of rotatable bonds is 10. The van der Waals surface area contributed by atoms with Crippen LogP contribution in [-0.4, -0.2) is 94.9 Å². The summed E-state index contributed by atoms with van der Waals surface area (Å²) in [7, 11) is 9.17. The molecule has 0 atom stereocenters. The van der Waals surface area contributed by atoms with Crippen LogP contribution in [-0.2, 0) is 14.1 Å². The third kappa shape index (κ3) is 4.75. The number of amides is 4. The van der Waals surface area contributed by atoms with E-state index in [0.29, 0.717) is 61.3 Å². The summed E-state index contributed by atoms with van der Waals surface area (Å²) in [4.78, 5) is 59.3. The van der Waals surface area contributed by atoms with E-state index in [1.807, 2.05) is 83.5 Å². The number of hydrogen-bond donors (Lipinski definition) is 0. The molecular formula is C41H41N5O6. The Morgan fingerprint density at radius 1 is 0.577 bits per heavy atom. The van der Waals surface area contributed by atoms with Crippen LogP contribution >= 0.6 is 0 Å². The summed E-state index contributed by atoms with van der Waals surface area (Å²) in [5, 5.41) is 3.79. The van der Waals surface area contributed by atoms with Crippen molar-refractivity contribution in [3.8, 4) is 11.5 Å². The lowest BCUT2D eigenvalue weighted by molar-refractivity contribution is 0.0639. The maximum Gasteiger partial charge on any atom is 0.261 e. The normalized spacial score (nSPS) is 14.4. The lowest BCUT2D eigenvalue weighted by atomic mass is 9.99. The molecule has 0 aliphatic carbocycles. The molecule has 2 aliphatic heterocycles. The molecule has 11 nitrogen and oxygen atoms in total. The van der Waals surface area contributed by atoms with E-state index in [4.69, 9.17) is 9.47 Å². The van der Waals surface area contributed by atoms with Gasteiger partial charge in [-0.25, -0.2) is 0 Å². The van der Waals surface area contributed by atoms with E-state index in [0.717, 1.165) is 66.2 Å². The topological polar surface area (TPSA) is 106 Å². The lowest BCUT2D eigenvalue weighted by Gasteiger charge is -2.20. The zero-order chi connectivity index (χ0) is 36.7. The fraction of sp³-hybridized carbons (Fsp3) is 0.317. The predicted octanol–water partition coefficient (Wildman–Crippen LogP) is 6.21. The smallest absolute Gasteiger partial charge is 0.261 e. The van der Waals surface area contributed by atoms with Gasteiger partial charge in [-0.3, -0.25) is 29.0 Å². The molecule has 4 amide bonds. The third-order valence-corrected chi connectivity index (χ3v) is 11.2. The van der Waals surface area contributed by atoms with E-state index >= 15 is 0 Å². The molecule has 0 saturated heterocycles. The van der Waals surface area contributed by atoms with Gasteiger partial charge in [0.05, 0.1) is 47.5 Å². The molecule has 0 radical (unpaired) electrons. The molecular weight excluding hydrogens is 658 g/mol. The van der Waals surface area contributed by atoms with Gasteiger partial charge < -0.3 is 23.5 Å². The van der Waals surface area contributed by atoms with Crippen LogP contribution in [0.3, 0.4) is 0 Å². The predicted molar refractivity (Wildman–Crippen MR) is 201 cm³/mol. The Labute approximate surface area is 300 Å². The number of fused-ring (bicyclic) bond motifs is 8. The van der Waals surface area contributed by atoms with E-state index in [9.17, 15) is 19.2 Å². The van der Waals surface area contributed by atoms with Gasteiger partial charge in [-0.05, 0) is 106 Å². The minimum atomic E-state index is -0.270. The molecule has 266 valence electrons. The van der Waals surface area contributed by atoms with Crippen LogP contribution in [0.5, 0.6) is 11.5 Å². The van der Waals surface area contributed by atoms with E-state index in [1.54, 1.807) is 14.2 Å². The molecule has 52 heavy (non-hydrogen) atoms. The first kappa shape index (κ1) is 33.5. The minimum absolute atomic E-state index is 0.259. The molecule has 2 aromatic heterocycles. The number of methoxy groups -OCH3 is 2. The van der Waals surface area contributed by atoms with Gasteiger partial charge in [-0.1, -0.05) is 0 Å². The van der Waals surface area contributed by atoms with Crippen molar-refractivity contribution in [2.24, 2.45) is 14.1 Å². The van der Waals surface area contributed by atoms with Gasteiger partial charge in [0.15, 0.2) is 0 Å². The lowest BCUT2D eigenvalue weighted by Crippen LogP contribution is -2.35. The van der Waals surface area contributed by atoms with Crippen LogP contribution in [0.4, 0.5) is 0 Å². The summed E-state index contributed by atoms with van der Waals surface area (Å²) >= 11 is 0. The van der Waals surface area contributed by atoms with Gasteiger partial charge in [-0.2, -0.15) is 0 Å². The maximum atomic E-state index is 13.6. The van der Waals surface area contributed by atoms with Gasteiger partial charge in [-0.15, -0.1) is 0 Å². The Balaban J connectivity index is 0.913. The Bertz CT molecular complexity index is 2380. The second-order valence-corrected chi connectivity index (χ2v) is 14.1. The quantitative estimate of drug-likeness (QED) is 0.157. The van der Waals surface area contributed by atoms with Gasteiger partial charge in [0.1, 0.15) is 11.5 Å². The average Bonchev–Trinajstić information content (AvgIpc) is 3.76. The molecule has 2 aliphatic rings. The zero-order valence-corrected chi connectivity index (χ0v) is 30.5. The fourth-order valence-corrected chi connectivity index (χ4v) is 8.58. The van der Waals surface area contributed by atoms with Crippen LogP contribution < -0.4 is 9.47 Å². The number of carbonyl (C=O) groups is 4. The number of imide groups is 2. The molecule has 0 N–H and O–H groups in total. The Morgan fingerprint density at radius 3 is 1.37 bits per heavy atom. The Kier molecular flexibility index (Phi) is 7.87. The van der Waals surface area contributed by atoms with Crippen molar-refractivity contribution in [1.82, 2.24) is 23.8 Å². The fourth-order valence-electron chi connectivity index (χ4n) is 8.58. The first-order valence-corrected chi connectivity index (χ1v) is 17.6. The summed E-state index contributed by atoms with van der Waals surface area (Å²) in [6.45, 7) is 5.71. The molecule has 0 saturated carbocycles. The summed E-state index contributed by atoms with van der Waals surface area (Å²) < 4.78 is 15.0. The number of ether oxygens (including phenoxy) is 2. The molecule has 0 bridgehead atoms. The molecule has 6 aromatic rings. The average molecular weight is 700 g/mol. The molecule has 4 heterocycles.